The van der Waals surface area contributed by atoms with Crippen molar-refractivity contribution in [1.82, 2.24) is 19.6 Å². The Kier molecular flexibility index (Phi) is 15.6. The van der Waals surface area contributed by atoms with Crippen LogP contribution in [0.1, 0.15) is 86.6 Å². The summed E-state index contributed by atoms with van der Waals surface area (Å²) in [5.74, 6) is 0.490. The number of likely N-dealkylation sites (N-methyl/N-ethyl adjacent to an activating group) is 1. The lowest BCUT2D eigenvalue weighted by atomic mass is 9.75. The summed E-state index contributed by atoms with van der Waals surface area (Å²) in [4.78, 5) is 10.1. The van der Waals surface area contributed by atoms with Crippen molar-refractivity contribution in [3.05, 3.63) is 35.9 Å². The number of hydrogen-bond donors (Lipinski definition) is 1. The summed E-state index contributed by atoms with van der Waals surface area (Å²) in [5, 5.41) is 11.5. The lowest BCUT2D eigenvalue weighted by Crippen LogP contribution is -2.58. The third-order valence-corrected chi connectivity index (χ3v) is 11.7. The predicted molar refractivity (Wildman–Crippen MR) is 203 cm³/mol. The lowest BCUT2D eigenvalue weighted by molar-refractivity contribution is -0.298. The van der Waals surface area contributed by atoms with Crippen LogP contribution in [0, 0.1) is 17.3 Å². The van der Waals surface area contributed by atoms with Gasteiger partial charge in [0.25, 0.3) is 0 Å². The molecule has 0 bridgehead atoms. The Bertz CT molecular complexity index is 1120. The van der Waals surface area contributed by atoms with Crippen LogP contribution in [-0.4, -0.2) is 147 Å². The molecule has 1 N–H and O–H groups in total. The lowest BCUT2D eigenvalue weighted by Gasteiger charge is -2.47. The molecule has 4 rings (SSSR count). The maximum Gasteiger partial charge on any atom is 0.185 e. The minimum absolute atomic E-state index is 0.00806. The van der Waals surface area contributed by atoms with Gasteiger partial charge in [0.2, 0.25) is 0 Å². The summed E-state index contributed by atoms with van der Waals surface area (Å²) in [7, 11) is 5.88. The van der Waals surface area contributed by atoms with E-state index < -0.39 is 18.0 Å². The first-order valence-corrected chi connectivity index (χ1v) is 19.7. The minimum Gasteiger partial charge on any atom is -0.386 e. The van der Waals surface area contributed by atoms with E-state index in [1.54, 1.807) is 0 Å². The molecule has 3 heterocycles. The van der Waals surface area contributed by atoms with Gasteiger partial charge in [-0.3, -0.25) is 14.7 Å². The topological polar surface area (TPSA) is 70.1 Å². The van der Waals surface area contributed by atoms with Gasteiger partial charge in [0.15, 0.2) is 6.29 Å². The van der Waals surface area contributed by atoms with Gasteiger partial charge < -0.3 is 29.0 Å². The van der Waals surface area contributed by atoms with E-state index in [2.05, 4.69) is 105 Å². The molecule has 3 aliphatic heterocycles. The van der Waals surface area contributed by atoms with Crippen molar-refractivity contribution < 1.29 is 24.1 Å². The molecule has 3 aliphatic rings. The smallest absolute Gasteiger partial charge is 0.185 e. The van der Waals surface area contributed by atoms with E-state index in [-0.39, 0.29) is 35.7 Å². The Labute approximate surface area is 305 Å². The summed E-state index contributed by atoms with van der Waals surface area (Å²) in [6, 6.07) is 11.1. The molecule has 3 fully saturated rings. The summed E-state index contributed by atoms with van der Waals surface area (Å²) < 4.78 is 26.7. The highest BCUT2D eigenvalue weighted by atomic mass is 16.7. The van der Waals surface area contributed by atoms with Crippen LogP contribution >= 0.6 is 0 Å². The van der Waals surface area contributed by atoms with Crippen molar-refractivity contribution in [2.24, 2.45) is 17.3 Å². The molecule has 288 valence electrons. The molecule has 0 aliphatic carbocycles. The van der Waals surface area contributed by atoms with Gasteiger partial charge in [-0.25, -0.2) is 0 Å². The minimum atomic E-state index is -0.741. The standard InChI is InChI=1S/C41H74N4O5/c1-12-18-45-26-30(2)24-41(8,47-11)38(50-39-37(46)35(42(9)10)23-32(4)49-39)31(3)25-40(6,7)29-48-33(5)36(45)28-44-21-19-43(20-22-44)27-34-16-14-13-15-17-34/h13-17,30-33,35-39,46H,12,18-29H2,1-11H3/t30-,31-,32-,33+,35+,36+,37-,38-,39+,41-/m1/s1. The van der Waals surface area contributed by atoms with Crippen molar-refractivity contribution in [3.63, 3.8) is 0 Å². The quantitative estimate of drug-likeness (QED) is 0.336. The maximum atomic E-state index is 11.5. The van der Waals surface area contributed by atoms with E-state index in [1.807, 2.05) is 21.2 Å². The van der Waals surface area contributed by atoms with Crippen molar-refractivity contribution in [2.75, 3.05) is 73.6 Å². The number of hydrogen-bond acceptors (Lipinski definition) is 9. The van der Waals surface area contributed by atoms with Crippen LogP contribution in [0.4, 0.5) is 0 Å². The SMILES string of the molecule is CCCN1C[C@H](C)C[C@@](C)(OC)[C@H](O[C@@H]2O[C@H](C)C[C@H](N(C)C)[C@H]2O)[C@H](C)CC(C)(C)CO[C@@H](C)[C@@H]1CN1CCN(Cc2ccccc2)CC1. The van der Waals surface area contributed by atoms with Gasteiger partial charge in [-0.2, -0.15) is 0 Å². The number of nitrogens with zero attached hydrogens (tertiary/aromatic N) is 4. The van der Waals surface area contributed by atoms with Gasteiger partial charge in [-0.05, 0) is 89.9 Å². The van der Waals surface area contributed by atoms with Gasteiger partial charge in [0, 0.05) is 65.0 Å². The first-order chi connectivity index (χ1) is 23.6. The molecule has 9 nitrogen and oxygen atoms in total. The van der Waals surface area contributed by atoms with Crippen LogP contribution in [0.3, 0.4) is 0 Å². The number of piperazine rings is 1. The molecule has 0 spiro atoms. The number of methoxy groups -OCH3 is 1. The van der Waals surface area contributed by atoms with Gasteiger partial charge in [0.05, 0.1) is 30.5 Å². The Morgan fingerprint density at radius 3 is 2.24 bits per heavy atom. The first-order valence-electron chi connectivity index (χ1n) is 19.7. The number of benzene rings is 1. The maximum absolute atomic E-state index is 11.5. The van der Waals surface area contributed by atoms with Crippen LogP contribution < -0.4 is 0 Å². The molecule has 0 aromatic heterocycles. The molecule has 10 atom stereocenters. The molecule has 0 unspecified atom stereocenters. The molecule has 50 heavy (non-hydrogen) atoms. The Hall–Kier alpha value is -1.14. The molecule has 9 heteroatoms. The van der Waals surface area contributed by atoms with E-state index >= 15 is 0 Å². The summed E-state index contributed by atoms with van der Waals surface area (Å²) in [5.41, 5.74) is 0.733. The number of rotatable bonds is 10. The van der Waals surface area contributed by atoms with Gasteiger partial charge >= 0.3 is 0 Å². The van der Waals surface area contributed by atoms with Gasteiger partial charge in [0.1, 0.15) is 6.10 Å². The molecular formula is C41H74N4O5. The second-order valence-electron chi connectivity index (χ2n) is 17.4. The number of aliphatic hydroxyl groups is 1. The molecule has 3 saturated heterocycles. The molecule has 1 aromatic rings. The zero-order valence-electron chi connectivity index (χ0n) is 33.6. The van der Waals surface area contributed by atoms with Crippen molar-refractivity contribution in [3.8, 4) is 0 Å². The van der Waals surface area contributed by atoms with Gasteiger partial charge in [-0.15, -0.1) is 0 Å². The van der Waals surface area contributed by atoms with Crippen molar-refractivity contribution in [2.45, 2.75) is 136 Å². The van der Waals surface area contributed by atoms with Crippen LogP contribution in [0.2, 0.25) is 0 Å². The Balaban J connectivity index is 1.54. The normalized spacial score (nSPS) is 37.6. The van der Waals surface area contributed by atoms with Crippen LogP contribution in [-0.2, 0) is 25.5 Å². The fourth-order valence-electron chi connectivity index (χ4n) is 9.13. The predicted octanol–water partition coefficient (Wildman–Crippen LogP) is 5.60. The Morgan fingerprint density at radius 1 is 0.960 bits per heavy atom. The number of ether oxygens (including phenoxy) is 4. The summed E-state index contributed by atoms with van der Waals surface area (Å²) in [6.45, 7) is 27.2. The largest absolute Gasteiger partial charge is 0.386 e. The highest BCUT2D eigenvalue weighted by Gasteiger charge is 2.47. The first kappa shape index (κ1) is 41.6. The zero-order chi connectivity index (χ0) is 36.6. The van der Waals surface area contributed by atoms with Crippen LogP contribution in [0.15, 0.2) is 30.3 Å². The van der Waals surface area contributed by atoms with Crippen LogP contribution in [0.25, 0.3) is 0 Å². The molecular weight excluding hydrogens is 628 g/mol. The fraction of sp³-hybridized carbons (Fsp3) is 0.854. The van der Waals surface area contributed by atoms with Crippen molar-refractivity contribution >= 4 is 0 Å². The third kappa shape index (κ3) is 11.4. The molecule has 0 amide bonds. The number of aliphatic hydroxyl groups excluding tert-OH is 1. The highest BCUT2D eigenvalue weighted by molar-refractivity contribution is 5.14. The second kappa shape index (κ2) is 18.8. The second-order valence-corrected chi connectivity index (χ2v) is 17.4. The highest BCUT2D eigenvalue weighted by Crippen LogP contribution is 2.39. The Morgan fingerprint density at radius 2 is 1.62 bits per heavy atom. The van der Waals surface area contributed by atoms with Gasteiger partial charge in [-0.1, -0.05) is 65.0 Å². The monoisotopic (exact) mass is 703 g/mol. The average molecular weight is 703 g/mol. The van der Waals surface area contributed by atoms with E-state index in [4.69, 9.17) is 18.9 Å². The van der Waals surface area contributed by atoms with E-state index in [9.17, 15) is 5.11 Å². The van der Waals surface area contributed by atoms with E-state index in [0.29, 0.717) is 18.6 Å². The van der Waals surface area contributed by atoms with E-state index in [0.717, 1.165) is 78.0 Å². The summed E-state index contributed by atoms with van der Waals surface area (Å²) in [6.07, 6.45) is 1.97. The fourth-order valence-corrected chi connectivity index (χ4v) is 9.13. The summed E-state index contributed by atoms with van der Waals surface area (Å²) >= 11 is 0. The zero-order valence-corrected chi connectivity index (χ0v) is 33.6. The molecule has 0 saturated carbocycles. The average Bonchev–Trinajstić information content (AvgIpc) is 3.06. The van der Waals surface area contributed by atoms with Crippen molar-refractivity contribution in [1.29, 1.82) is 0 Å². The third-order valence-electron chi connectivity index (χ3n) is 11.7. The molecule has 0 radical (unpaired) electrons. The van der Waals surface area contributed by atoms with Crippen LogP contribution in [0.5, 0.6) is 0 Å². The van der Waals surface area contributed by atoms with E-state index in [1.165, 1.54) is 5.56 Å². The molecule has 1 aromatic carbocycles.